The molecule has 1 aromatic rings. The second-order valence-electron chi connectivity index (χ2n) is 7.06. The minimum atomic E-state index is -0.185. The van der Waals surface area contributed by atoms with Crippen molar-refractivity contribution in [1.29, 1.82) is 0 Å². The SMILES string of the molecule is CCCCN(C(=O)[C@@H]1CC(=O)N(C2CCCC2)C1)c1ccccc1. The number of para-hydroxylation sites is 1. The lowest BCUT2D eigenvalue weighted by molar-refractivity contribution is -0.130. The molecule has 2 aliphatic rings. The third kappa shape index (κ3) is 3.63. The van der Waals surface area contributed by atoms with Gasteiger partial charge >= 0.3 is 0 Å². The summed E-state index contributed by atoms with van der Waals surface area (Å²) in [6, 6.07) is 10.2. The van der Waals surface area contributed by atoms with Crippen molar-refractivity contribution in [2.24, 2.45) is 5.92 Å². The summed E-state index contributed by atoms with van der Waals surface area (Å²) in [6.07, 6.45) is 7.03. The zero-order valence-corrected chi connectivity index (χ0v) is 14.6. The predicted octanol–water partition coefficient (Wildman–Crippen LogP) is 3.61. The maximum atomic E-state index is 13.1. The van der Waals surface area contributed by atoms with E-state index in [0.29, 0.717) is 19.0 Å². The maximum Gasteiger partial charge on any atom is 0.232 e. The number of nitrogens with zero attached hydrogens (tertiary/aromatic N) is 2. The number of unbranched alkanes of at least 4 members (excludes halogenated alkanes) is 1. The highest BCUT2D eigenvalue weighted by Crippen LogP contribution is 2.31. The summed E-state index contributed by atoms with van der Waals surface area (Å²) in [6.45, 7) is 3.47. The summed E-state index contributed by atoms with van der Waals surface area (Å²) in [5.74, 6) is 0.0995. The fourth-order valence-electron chi connectivity index (χ4n) is 3.98. The van der Waals surface area contributed by atoms with Gasteiger partial charge in [-0.3, -0.25) is 9.59 Å². The van der Waals surface area contributed by atoms with Crippen LogP contribution in [0.25, 0.3) is 0 Å². The number of likely N-dealkylation sites (tertiary alicyclic amines) is 1. The summed E-state index contributed by atoms with van der Waals surface area (Å²) in [5, 5.41) is 0. The van der Waals surface area contributed by atoms with E-state index in [0.717, 1.165) is 37.9 Å². The quantitative estimate of drug-likeness (QED) is 0.800. The molecule has 1 saturated carbocycles. The molecule has 130 valence electrons. The fraction of sp³-hybridized carbons (Fsp3) is 0.600. The summed E-state index contributed by atoms with van der Waals surface area (Å²) in [7, 11) is 0. The molecule has 4 nitrogen and oxygen atoms in total. The molecular weight excluding hydrogens is 300 g/mol. The number of amides is 2. The molecule has 0 aromatic heterocycles. The van der Waals surface area contributed by atoms with Gasteiger partial charge in [-0.1, -0.05) is 44.4 Å². The first-order valence-corrected chi connectivity index (χ1v) is 9.36. The first-order chi connectivity index (χ1) is 11.7. The largest absolute Gasteiger partial charge is 0.339 e. The number of carbonyl (C=O) groups excluding carboxylic acids is 2. The van der Waals surface area contributed by atoms with Crippen LogP contribution < -0.4 is 4.90 Å². The van der Waals surface area contributed by atoms with E-state index in [9.17, 15) is 9.59 Å². The van der Waals surface area contributed by atoms with E-state index in [-0.39, 0.29) is 17.7 Å². The first kappa shape index (κ1) is 17.0. The highest BCUT2D eigenvalue weighted by atomic mass is 16.2. The van der Waals surface area contributed by atoms with Gasteiger partial charge in [0, 0.05) is 31.2 Å². The molecule has 4 heteroatoms. The van der Waals surface area contributed by atoms with E-state index in [1.807, 2.05) is 40.1 Å². The second kappa shape index (κ2) is 7.82. The summed E-state index contributed by atoms with van der Waals surface area (Å²) in [5.41, 5.74) is 0.947. The van der Waals surface area contributed by atoms with Gasteiger partial charge in [0.15, 0.2) is 0 Å². The predicted molar refractivity (Wildman–Crippen MR) is 95.8 cm³/mol. The molecular formula is C20H28N2O2. The molecule has 1 heterocycles. The Morgan fingerprint density at radius 1 is 1.21 bits per heavy atom. The lowest BCUT2D eigenvalue weighted by atomic mass is 10.1. The Hall–Kier alpha value is -1.84. The van der Waals surface area contributed by atoms with Gasteiger partial charge in [-0.25, -0.2) is 0 Å². The van der Waals surface area contributed by atoms with Crippen molar-refractivity contribution in [2.45, 2.75) is 57.9 Å². The van der Waals surface area contributed by atoms with E-state index < -0.39 is 0 Å². The number of hydrogen-bond donors (Lipinski definition) is 0. The molecule has 1 aliphatic carbocycles. The average molecular weight is 328 g/mol. The Labute approximate surface area is 144 Å². The van der Waals surface area contributed by atoms with Gasteiger partial charge in [-0.05, 0) is 31.4 Å². The normalized spacial score (nSPS) is 21.5. The number of benzene rings is 1. The third-order valence-electron chi connectivity index (χ3n) is 5.34. The Balaban J connectivity index is 1.71. The topological polar surface area (TPSA) is 40.6 Å². The summed E-state index contributed by atoms with van der Waals surface area (Å²) in [4.78, 5) is 29.4. The molecule has 3 rings (SSSR count). The van der Waals surface area contributed by atoms with Gasteiger partial charge in [0.1, 0.15) is 0 Å². The standard InChI is InChI=1S/C20H28N2O2/c1-2-3-13-21(17-9-5-4-6-10-17)20(24)16-14-19(23)22(15-16)18-11-7-8-12-18/h4-6,9-10,16,18H,2-3,7-8,11-15H2,1H3/t16-/m1/s1. The maximum absolute atomic E-state index is 13.1. The van der Waals surface area contributed by atoms with Gasteiger partial charge in [0.05, 0.1) is 5.92 Å². The molecule has 2 amide bonds. The minimum Gasteiger partial charge on any atom is -0.339 e. The summed E-state index contributed by atoms with van der Waals surface area (Å²) >= 11 is 0. The fourth-order valence-corrected chi connectivity index (χ4v) is 3.98. The second-order valence-corrected chi connectivity index (χ2v) is 7.06. The van der Waals surface area contributed by atoms with Crippen molar-refractivity contribution < 1.29 is 9.59 Å². The van der Waals surface area contributed by atoms with E-state index >= 15 is 0 Å². The molecule has 2 fully saturated rings. The molecule has 24 heavy (non-hydrogen) atoms. The van der Waals surface area contributed by atoms with Gasteiger partial charge in [-0.2, -0.15) is 0 Å². The van der Waals surface area contributed by atoms with Crippen molar-refractivity contribution in [3.8, 4) is 0 Å². The van der Waals surface area contributed by atoms with Crippen LogP contribution in [0, 0.1) is 5.92 Å². The van der Waals surface area contributed by atoms with Crippen LogP contribution in [-0.4, -0.2) is 35.8 Å². The molecule has 0 unspecified atom stereocenters. The van der Waals surface area contributed by atoms with E-state index in [1.54, 1.807) is 0 Å². The van der Waals surface area contributed by atoms with Crippen LogP contribution in [0.2, 0.25) is 0 Å². The average Bonchev–Trinajstić information content (AvgIpc) is 3.25. The van der Waals surface area contributed by atoms with Crippen LogP contribution >= 0.6 is 0 Å². The van der Waals surface area contributed by atoms with Crippen LogP contribution in [0.5, 0.6) is 0 Å². The van der Waals surface area contributed by atoms with Crippen molar-refractivity contribution in [2.75, 3.05) is 18.0 Å². The van der Waals surface area contributed by atoms with Gasteiger partial charge in [0.25, 0.3) is 0 Å². The molecule has 1 saturated heterocycles. The lowest BCUT2D eigenvalue weighted by Gasteiger charge is -2.27. The van der Waals surface area contributed by atoms with Crippen molar-refractivity contribution >= 4 is 17.5 Å². The first-order valence-electron chi connectivity index (χ1n) is 9.36. The number of hydrogen-bond acceptors (Lipinski definition) is 2. The third-order valence-corrected chi connectivity index (χ3v) is 5.34. The molecule has 1 aromatic carbocycles. The smallest absolute Gasteiger partial charge is 0.232 e. The summed E-state index contributed by atoms with van der Waals surface area (Å²) < 4.78 is 0. The highest BCUT2D eigenvalue weighted by molar-refractivity contribution is 5.99. The van der Waals surface area contributed by atoms with E-state index in [2.05, 4.69) is 6.92 Å². The zero-order valence-electron chi connectivity index (χ0n) is 14.6. The van der Waals surface area contributed by atoms with Crippen LogP contribution in [0.3, 0.4) is 0 Å². The van der Waals surface area contributed by atoms with Gasteiger partial charge in [-0.15, -0.1) is 0 Å². The van der Waals surface area contributed by atoms with E-state index in [4.69, 9.17) is 0 Å². The molecule has 0 radical (unpaired) electrons. The molecule has 1 aliphatic heterocycles. The Morgan fingerprint density at radius 2 is 1.92 bits per heavy atom. The molecule has 0 N–H and O–H groups in total. The molecule has 0 bridgehead atoms. The van der Waals surface area contributed by atoms with E-state index in [1.165, 1.54) is 12.8 Å². The van der Waals surface area contributed by atoms with Gasteiger partial charge in [0.2, 0.25) is 11.8 Å². The minimum absolute atomic E-state index is 0.114. The zero-order chi connectivity index (χ0) is 16.9. The van der Waals surface area contributed by atoms with Crippen LogP contribution in [0.15, 0.2) is 30.3 Å². The van der Waals surface area contributed by atoms with Crippen molar-refractivity contribution in [3.63, 3.8) is 0 Å². The number of carbonyl (C=O) groups is 2. The number of anilines is 1. The Kier molecular flexibility index (Phi) is 5.54. The van der Waals surface area contributed by atoms with Crippen LogP contribution in [0.4, 0.5) is 5.69 Å². The van der Waals surface area contributed by atoms with Crippen LogP contribution in [-0.2, 0) is 9.59 Å². The van der Waals surface area contributed by atoms with Crippen LogP contribution in [0.1, 0.15) is 51.9 Å². The van der Waals surface area contributed by atoms with Gasteiger partial charge < -0.3 is 9.80 Å². The monoisotopic (exact) mass is 328 g/mol. The van der Waals surface area contributed by atoms with Crippen molar-refractivity contribution in [1.82, 2.24) is 4.90 Å². The lowest BCUT2D eigenvalue weighted by Crippen LogP contribution is -2.39. The Bertz CT molecular complexity index is 566. The Morgan fingerprint density at radius 3 is 2.58 bits per heavy atom. The molecule has 1 atom stereocenters. The molecule has 0 spiro atoms. The highest BCUT2D eigenvalue weighted by Gasteiger charge is 2.40. The number of rotatable bonds is 6. The van der Waals surface area contributed by atoms with Crippen molar-refractivity contribution in [3.05, 3.63) is 30.3 Å².